The lowest BCUT2D eigenvalue weighted by molar-refractivity contribution is 0.0732. The van der Waals surface area contributed by atoms with Crippen LogP contribution in [0.15, 0.2) is 18.2 Å². The number of carbonyl (C=O) groups is 1. The maximum absolute atomic E-state index is 13.8. The Hall–Kier alpha value is -1.13. The first-order chi connectivity index (χ1) is 8.65. The Morgan fingerprint density at radius 2 is 2.39 bits per heavy atom. The summed E-state index contributed by atoms with van der Waals surface area (Å²) in [4.78, 5) is 14.0. The number of benzene rings is 1. The van der Waals surface area contributed by atoms with Gasteiger partial charge >= 0.3 is 0 Å². The fourth-order valence-electron chi connectivity index (χ4n) is 2.37. The highest BCUT2D eigenvalue weighted by molar-refractivity contribution is 6.31. The molecule has 0 aliphatic carbocycles. The van der Waals surface area contributed by atoms with E-state index in [2.05, 4.69) is 5.32 Å². The molecule has 0 bridgehead atoms. The lowest BCUT2D eigenvalue weighted by atomic mass is 10.1. The minimum atomic E-state index is -0.626. The first kappa shape index (κ1) is 13.3. The molecular weight excluding hydrogens is 255 g/mol. The van der Waals surface area contributed by atoms with Crippen LogP contribution in [-0.2, 0) is 0 Å². The van der Waals surface area contributed by atoms with Crippen molar-refractivity contribution in [2.75, 3.05) is 20.1 Å². The van der Waals surface area contributed by atoms with Gasteiger partial charge in [-0.25, -0.2) is 4.39 Å². The number of hydrogen-bond donors (Lipinski definition) is 1. The summed E-state index contributed by atoms with van der Waals surface area (Å²) in [5, 5.41) is 3.05. The van der Waals surface area contributed by atoms with E-state index in [9.17, 15) is 9.18 Å². The number of rotatable bonds is 3. The van der Waals surface area contributed by atoms with Crippen molar-refractivity contribution in [3.05, 3.63) is 34.6 Å². The largest absolute Gasteiger partial charge is 0.334 e. The zero-order chi connectivity index (χ0) is 13.1. The normalized spacial score (nSPS) is 19.3. The van der Waals surface area contributed by atoms with Crippen LogP contribution in [0.5, 0.6) is 0 Å². The van der Waals surface area contributed by atoms with Gasteiger partial charge in [-0.15, -0.1) is 0 Å². The van der Waals surface area contributed by atoms with Crippen LogP contribution in [0.25, 0.3) is 0 Å². The molecule has 0 aromatic heterocycles. The summed E-state index contributed by atoms with van der Waals surface area (Å²) in [6.07, 6.45) is 1.91. The second-order valence-electron chi connectivity index (χ2n) is 4.45. The predicted octanol–water partition coefficient (Wildman–Crippen LogP) is 2.30. The number of hydrogen-bond acceptors (Lipinski definition) is 2. The van der Waals surface area contributed by atoms with Crippen LogP contribution < -0.4 is 5.32 Å². The average Bonchev–Trinajstić information content (AvgIpc) is 2.80. The number of amides is 1. The average molecular weight is 271 g/mol. The third-order valence-electron chi connectivity index (χ3n) is 3.26. The molecular formula is C13H16ClFN2O. The van der Waals surface area contributed by atoms with Gasteiger partial charge in [-0.1, -0.05) is 17.7 Å². The van der Waals surface area contributed by atoms with E-state index < -0.39 is 5.82 Å². The van der Waals surface area contributed by atoms with Gasteiger partial charge in [0.2, 0.25) is 0 Å². The monoisotopic (exact) mass is 270 g/mol. The zero-order valence-electron chi connectivity index (χ0n) is 10.2. The van der Waals surface area contributed by atoms with Crippen LogP contribution in [0.2, 0.25) is 5.02 Å². The molecule has 1 aromatic rings. The Labute approximate surface area is 111 Å². The smallest absolute Gasteiger partial charge is 0.257 e. The molecule has 3 nitrogen and oxygen atoms in total. The van der Waals surface area contributed by atoms with Crippen molar-refractivity contribution in [3.8, 4) is 0 Å². The summed E-state index contributed by atoms with van der Waals surface area (Å²) >= 11 is 5.70. The molecule has 1 amide bonds. The first-order valence-electron chi connectivity index (χ1n) is 6.04. The molecule has 2 rings (SSSR count). The van der Waals surface area contributed by atoms with Crippen LogP contribution in [0.1, 0.15) is 23.2 Å². The van der Waals surface area contributed by atoms with Gasteiger partial charge < -0.3 is 10.2 Å². The lowest BCUT2D eigenvalue weighted by Crippen LogP contribution is -2.41. The molecule has 0 spiro atoms. The van der Waals surface area contributed by atoms with Gasteiger partial charge in [0.25, 0.3) is 5.91 Å². The van der Waals surface area contributed by atoms with E-state index in [0.29, 0.717) is 6.54 Å². The molecule has 1 aromatic carbocycles. The molecule has 1 aliphatic heterocycles. The number of carbonyl (C=O) groups excluding carboxylic acids is 1. The van der Waals surface area contributed by atoms with Crippen molar-refractivity contribution in [2.45, 2.75) is 18.9 Å². The predicted molar refractivity (Wildman–Crippen MR) is 69.4 cm³/mol. The highest BCUT2D eigenvalue weighted by atomic mass is 35.5. The van der Waals surface area contributed by atoms with Crippen molar-refractivity contribution in [3.63, 3.8) is 0 Å². The van der Waals surface area contributed by atoms with E-state index in [1.807, 2.05) is 7.05 Å². The van der Waals surface area contributed by atoms with Crippen molar-refractivity contribution in [2.24, 2.45) is 0 Å². The Kier molecular flexibility index (Phi) is 4.19. The van der Waals surface area contributed by atoms with Crippen LogP contribution in [-0.4, -0.2) is 37.0 Å². The zero-order valence-corrected chi connectivity index (χ0v) is 11.0. The highest BCUT2D eigenvalue weighted by Crippen LogP contribution is 2.23. The first-order valence-corrected chi connectivity index (χ1v) is 6.42. The van der Waals surface area contributed by atoms with Crippen LogP contribution in [0.4, 0.5) is 4.39 Å². The molecule has 18 heavy (non-hydrogen) atoms. The standard InChI is InChI=1S/C13H16ClFN2O/c1-16-8-9-4-3-7-17(9)13(18)10-5-2-6-11(14)12(10)15/h2,5-6,9,16H,3-4,7-8H2,1H3. The molecule has 1 heterocycles. The van der Waals surface area contributed by atoms with Gasteiger partial charge in [-0.2, -0.15) is 0 Å². The van der Waals surface area contributed by atoms with E-state index >= 15 is 0 Å². The van der Waals surface area contributed by atoms with E-state index in [1.165, 1.54) is 12.1 Å². The second kappa shape index (κ2) is 5.67. The van der Waals surface area contributed by atoms with Crippen molar-refractivity contribution >= 4 is 17.5 Å². The SMILES string of the molecule is CNCC1CCCN1C(=O)c1cccc(Cl)c1F. The molecule has 1 saturated heterocycles. The molecule has 1 N–H and O–H groups in total. The fraction of sp³-hybridized carbons (Fsp3) is 0.462. The third kappa shape index (κ3) is 2.49. The Bertz CT molecular complexity index is 453. The van der Waals surface area contributed by atoms with Crippen LogP contribution >= 0.6 is 11.6 Å². The van der Waals surface area contributed by atoms with Crippen LogP contribution in [0, 0.1) is 5.82 Å². The van der Waals surface area contributed by atoms with Gasteiger partial charge in [0, 0.05) is 19.1 Å². The molecule has 0 radical (unpaired) electrons. The molecule has 1 aliphatic rings. The topological polar surface area (TPSA) is 32.3 Å². The van der Waals surface area contributed by atoms with Crippen molar-refractivity contribution < 1.29 is 9.18 Å². The fourth-order valence-corrected chi connectivity index (χ4v) is 2.55. The van der Waals surface area contributed by atoms with Gasteiger partial charge in [-0.3, -0.25) is 4.79 Å². The van der Waals surface area contributed by atoms with Crippen LogP contribution in [0.3, 0.4) is 0 Å². The van der Waals surface area contributed by atoms with Gasteiger partial charge in [0.05, 0.1) is 10.6 Å². The summed E-state index contributed by atoms with van der Waals surface area (Å²) in [5.41, 5.74) is 0.0607. The van der Waals surface area contributed by atoms with E-state index in [0.717, 1.165) is 19.4 Å². The number of likely N-dealkylation sites (N-methyl/N-ethyl adjacent to an activating group) is 1. The molecule has 1 fully saturated rings. The second-order valence-corrected chi connectivity index (χ2v) is 4.86. The molecule has 5 heteroatoms. The summed E-state index contributed by atoms with van der Waals surface area (Å²) in [6, 6.07) is 4.67. The summed E-state index contributed by atoms with van der Waals surface area (Å²) < 4.78 is 13.8. The Balaban J connectivity index is 2.23. The summed E-state index contributed by atoms with van der Waals surface area (Å²) in [6.45, 7) is 1.41. The molecule has 1 atom stereocenters. The maximum atomic E-state index is 13.8. The molecule has 0 saturated carbocycles. The molecule has 1 unspecified atom stereocenters. The van der Waals surface area contributed by atoms with Crippen molar-refractivity contribution in [1.29, 1.82) is 0 Å². The number of halogens is 2. The van der Waals surface area contributed by atoms with E-state index in [1.54, 1.807) is 11.0 Å². The summed E-state index contributed by atoms with van der Waals surface area (Å²) in [7, 11) is 1.85. The number of nitrogens with zero attached hydrogens (tertiary/aromatic N) is 1. The van der Waals surface area contributed by atoms with Crippen molar-refractivity contribution in [1.82, 2.24) is 10.2 Å². The number of nitrogens with one attached hydrogen (secondary N) is 1. The lowest BCUT2D eigenvalue weighted by Gasteiger charge is -2.24. The minimum Gasteiger partial charge on any atom is -0.334 e. The van der Waals surface area contributed by atoms with Gasteiger partial charge in [0.1, 0.15) is 0 Å². The van der Waals surface area contributed by atoms with E-state index in [4.69, 9.17) is 11.6 Å². The van der Waals surface area contributed by atoms with Gasteiger partial charge in [0.15, 0.2) is 5.82 Å². The third-order valence-corrected chi connectivity index (χ3v) is 3.55. The quantitative estimate of drug-likeness (QED) is 0.914. The summed E-state index contributed by atoms with van der Waals surface area (Å²) in [5.74, 6) is -0.896. The highest BCUT2D eigenvalue weighted by Gasteiger charge is 2.30. The van der Waals surface area contributed by atoms with E-state index in [-0.39, 0.29) is 22.5 Å². The Morgan fingerprint density at radius 3 is 3.11 bits per heavy atom. The van der Waals surface area contributed by atoms with Gasteiger partial charge in [-0.05, 0) is 32.0 Å². The maximum Gasteiger partial charge on any atom is 0.257 e. The molecule has 98 valence electrons. The minimum absolute atomic E-state index is 0.00906. The number of likely N-dealkylation sites (tertiary alicyclic amines) is 1. The Morgan fingerprint density at radius 1 is 1.61 bits per heavy atom.